The van der Waals surface area contributed by atoms with Crippen LogP contribution in [0, 0.1) is 20.2 Å². The summed E-state index contributed by atoms with van der Waals surface area (Å²) >= 11 is 0. The molecule has 1 aromatic carbocycles. The van der Waals surface area contributed by atoms with Crippen LogP contribution in [-0.2, 0) is 19.1 Å². The van der Waals surface area contributed by atoms with E-state index in [9.17, 15) is 29.8 Å². The van der Waals surface area contributed by atoms with Gasteiger partial charge in [-0.1, -0.05) is 0 Å². The van der Waals surface area contributed by atoms with Crippen molar-refractivity contribution < 1.29 is 28.9 Å². The second-order valence-electron chi connectivity index (χ2n) is 4.51. The summed E-state index contributed by atoms with van der Waals surface area (Å²) in [7, 11) is 2.29. The standard InChI is InChI=1S/C13H14N4O8/c1-24-12(18)5-8(6-13(19)25-2)14-15-10-4-3-9(16(20)21)7-11(10)17(22)23/h3-4,7,15H,5-6H2,1-2H3. The van der Waals surface area contributed by atoms with Crippen LogP contribution in [0.3, 0.4) is 0 Å². The van der Waals surface area contributed by atoms with Crippen LogP contribution in [0.1, 0.15) is 12.8 Å². The molecule has 0 spiro atoms. The maximum absolute atomic E-state index is 11.3. The number of carbonyl (C=O) groups is 2. The van der Waals surface area contributed by atoms with Crippen LogP contribution < -0.4 is 5.43 Å². The third kappa shape index (κ3) is 5.85. The average Bonchev–Trinajstić information content (AvgIpc) is 2.58. The molecule has 0 aliphatic heterocycles. The molecule has 1 rings (SSSR count). The molecule has 0 saturated heterocycles. The minimum absolute atomic E-state index is 0.00588. The number of esters is 2. The molecule has 0 amide bonds. The number of carbonyl (C=O) groups excluding carboxylic acids is 2. The van der Waals surface area contributed by atoms with E-state index < -0.39 is 33.2 Å². The number of hydrazone groups is 1. The van der Waals surface area contributed by atoms with Crippen LogP contribution >= 0.6 is 0 Å². The lowest BCUT2D eigenvalue weighted by molar-refractivity contribution is -0.393. The van der Waals surface area contributed by atoms with Gasteiger partial charge in [-0.3, -0.25) is 35.2 Å². The normalized spacial score (nSPS) is 9.68. The number of hydrogen-bond acceptors (Lipinski definition) is 10. The Bertz CT molecular complexity index is 711. The predicted molar refractivity (Wildman–Crippen MR) is 84.1 cm³/mol. The third-order valence-corrected chi connectivity index (χ3v) is 2.88. The number of methoxy groups -OCH3 is 2. The topological polar surface area (TPSA) is 163 Å². The Morgan fingerprint density at radius 1 is 1.08 bits per heavy atom. The molecule has 1 N–H and O–H groups in total. The fourth-order valence-corrected chi connectivity index (χ4v) is 1.64. The lowest BCUT2D eigenvalue weighted by atomic mass is 10.2. The minimum atomic E-state index is -0.828. The van der Waals surface area contributed by atoms with Crippen LogP contribution in [0.2, 0.25) is 0 Å². The summed E-state index contributed by atoms with van der Waals surface area (Å²) in [4.78, 5) is 42.8. The number of nitrogens with zero attached hydrogens (tertiary/aromatic N) is 3. The molecule has 12 heteroatoms. The molecule has 0 unspecified atom stereocenters. The molecule has 1 aromatic rings. The van der Waals surface area contributed by atoms with Crippen LogP contribution in [0.4, 0.5) is 17.1 Å². The van der Waals surface area contributed by atoms with Gasteiger partial charge in [-0.2, -0.15) is 5.10 Å². The van der Waals surface area contributed by atoms with Crippen molar-refractivity contribution in [1.29, 1.82) is 0 Å². The number of hydrogen-bond donors (Lipinski definition) is 1. The molecule has 0 radical (unpaired) electrons. The first kappa shape index (κ1) is 19.5. The van der Waals surface area contributed by atoms with Gasteiger partial charge in [-0.05, 0) is 6.07 Å². The van der Waals surface area contributed by atoms with Gasteiger partial charge < -0.3 is 9.47 Å². The van der Waals surface area contributed by atoms with Crippen molar-refractivity contribution >= 4 is 34.7 Å². The minimum Gasteiger partial charge on any atom is -0.469 e. The summed E-state index contributed by atoms with van der Waals surface area (Å²) < 4.78 is 8.94. The van der Waals surface area contributed by atoms with Gasteiger partial charge in [-0.15, -0.1) is 0 Å². The van der Waals surface area contributed by atoms with E-state index in [0.717, 1.165) is 32.4 Å². The zero-order valence-electron chi connectivity index (χ0n) is 13.3. The van der Waals surface area contributed by atoms with Gasteiger partial charge in [0, 0.05) is 6.07 Å². The highest BCUT2D eigenvalue weighted by atomic mass is 16.6. The maximum Gasteiger partial charge on any atom is 0.311 e. The van der Waals surface area contributed by atoms with Crippen molar-refractivity contribution in [1.82, 2.24) is 0 Å². The summed E-state index contributed by atoms with van der Waals surface area (Å²) in [5, 5.41) is 25.5. The summed E-state index contributed by atoms with van der Waals surface area (Å²) in [5.74, 6) is -1.36. The highest BCUT2D eigenvalue weighted by Gasteiger charge is 2.20. The molecule has 0 aromatic heterocycles. The molecule has 0 heterocycles. The van der Waals surface area contributed by atoms with E-state index in [-0.39, 0.29) is 24.2 Å². The van der Waals surface area contributed by atoms with Crippen LogP contribution in [0.5, 0.6) is 0 Å². The molecule has 0 bridgehead atoms. The Kier molecular flexibility index (Phi) is 6.94. The fraction of sp³-hybridized carbons (Fsp3) is 0.308. The van der Waals surface area contributed by atoms with Crippen LogP contribution in [0.15, 0.2) is 23.3 Å². The number of nitro benzene ring substituents is 2. The molecule has 0 fully saturated rings. The first-order valence-electron chi connectivity index (χ1n) is 6.66. The smallest absolute Gasteiger partial charge is 0.311 e. The second kappa shape index (κ2) is 8.90. The quantitative estimate of drug-likeness (QED) is 0.314. The van der Waals surface area contributed by atoms with Crippen molar-refractivity contribution in [3.63, 3.8) is 0 Å². The highest BCUT2D eigenvalue weighted by Crippen LogP contribution is 2.29. The van der Waals surface area contributed by atoms with Gasteiger partial charge in [0.25, 0.3) is 5.69 Å². The number of anilines is 1. The summed E-state index contributed by atoms with van der Waals surface area (Å²) in [6, 6.07) is 2.90. The number of ether oxygens (including phenoxy) is 2. The number of non-ortho nitro benzene ring substituents is 1. The highest BCUT2D eigenvalue weighted by molar-refractivity contribution is 6.06. The Hall–Kier alpha value is -3.57. The van der Waals surface area contributed by atoms with E-state index in [1.807, 2.05) is 0 Å². The summed E-state index contributed by atoms with van der Waals surface area (Å²) in [6.07, 6.45) is -0.696. The van der Waals surface area contributed by atoms with E-state index in [2.05, 4.69) is 20.0 Å². The zero-order valence-corrected chi connectivity index (χ0v) is 13.3. The van der Waals surface area contributed by atoms with Crippen molar-refractivity contribution in [2.45, 2.75) is 12.8 Å². The average molecular weight is 354 g/mol. The van der Waals surface area contributed by atoms with E-state index in [1.165, 1.54) is 0 Å². The lowest BCUT2D eigenvalue weighted by Gasteiger charge is -2.06. The van der Waals surface area contributed by atoms with Gasteiger partial charge in [-0.25, -0.2) is 0 Å². The van der Waals surface area contributed by atoms with Crippen molar-refractivity contribution in [2.24, 2.45) is 5.10 Å². The molecule has 12 nitrogen and oxygen atoms in total. The van der Waals surface area contributed by atoms with Gasteiger partial charge in [0.05, 0.1) is 48.7 Å². The Balaban J connectivity index is 3.11. The Morgan fingerprint density at radius 3 is 2.08 bits per heavy atom. The number of nitrogens with one attached hydrogen (secondary N) is 1. The number of nitro groups is 2. The Morgan fingerprint density at radius 2 is 1.64 bits per heavy atom. The molecule has 0 atom stereocenters. The summed E-state index contributed by atoms with van der Waals surface area (Å²) in [5.41, 5.74) is 1.13. The number of benzene rings is 1. The van der Waals surface area contributed by atoms with Crippen molar-refractivity contribution in [3.05, 3.63) is 38.4 Å². The second-order valence-corrected chi connectivity index (χ2v) is 4.51. The SMILES string of the molecule is COC(=O)CC(CC(=O)OC)=NNc1ccc([N+](=O)[O-])cc1[N+](=O)[O-]. The fourth-order valence-electron chi connectivity index (χ4n) is 1.64. The molecule has 0 aliphatic rings. The van der Waals surface area contributed by atoms with Crippen molar-refractivity contribution in [3.8, 4) is 0 Å². The van der Waals surface area contributed by atoms with E-state index in [0.29, 0.717) is 0 Å². The number of rotatable bonds is 8. The molecule has 134 valence electrons. The summed E-state index contributed by atoms with van der Waals surface area (Å²) in [6.45, 7) is 0. The van der Waals surface area contributed by atoms with Gasteiger partial charge in [0.15, 0.2) is 0 Å². The van der Waals surface area contributed by atoms with Crippen molar-refractivity contribution in [2.75, 3.05) is 19.6 Å². The molecule has 25 heavy (non-hydrogen) atoms. The van der Waals surface area contributed by atoms with Gasteiger partial charge >= 0.3 is 17.6 Å². The first-order chi connectivity index (χ1) is 11.8. The lowest BCUT2D eigenvalue weighted by Crippen LogP contribution is -2.16. The zero-order chi connectivity index (χ0) is 19.0. The van der Waals surface area contributed by atoms with Crippen LogP contribution in [-0.4, -0.2) is 41.7 Å². The van der Waals surface area contributed by atoms with Gasteiger partial charge in [0.2, 0.25) is 0 Å². The third-order valence-electron chi connectivity index (χ3n) is 2.88. The first-order valence-corrected chi connectivity index (χ1v) is 6.66. The molecule has 0 aliphatic carbocycles. The van der Waals surface area contributed by atoms with Gasteiger partial charge in [0.1, 0.15) is 5.69 Å². The van der Waals surface area contributed by atoms with E-state index >= 15 is 0 Å². The molecular formula is C13H14N4O8. The van der Waals surface area contributed by atoms with E-state index in [1.54, 1.807) is 0 Å². The maximum atomic E-state index is 11.3. The molecule has 0 saturated carbocycles. The predicted octanol–water partition coefficient (Wildman–Crippen LogP) is 1.40. The Labute approximate surface area is 140 Å². The van der Waals surface area contributed by atoms with E-state index in [4.69, 9.17) is 0 Å². The largest absolute Gasteiger partial charge is 0.469 e. The monoisotopic (exact) mass is 354 g/mol. The molecular weight excluding hydrogens is 340 g/mol. The van der Waals surface area contributed by atoms with Crippen LogP contribution in [0.25, 0.3) is 0 Å².